The van der Waals surface area contributed by atoms with E-state index in [0.29, 0.717) is 13.1 Å². The topological polar surface area (TPSA) is 114 Å². The van der Waals surface area contributed by atoms with E-state index in [9.17, 15) is 18.5 Å². The van der Waals surface area contributed by atoms with E-state index in [-0.39, 0.29) is 10.6 Å². The second-order valence-corrected chi connectivity index (χ2v) is 6.82. The molecule has 0 bridgehead atoms. The Balaban J connectivity index is 2.41. The Kier molecular flexibility index (Phi) is 4.63. The number of hydrogen-bond acceptors (Lipinski definition) is 6. The smallest absolute Gasteiger partial charge is 0.312 e. The third kappa shape index (κ3) is 3.18. The van der Waals surface area contributed by atoms with Gasteiger partial charge in [0.2, 0.25) is 10.0 Å². The molecule has 0 radical (unpaired) electrons. The van der Waals surface area contributed by atoms with Crippen LogP contribution in [0.4, 0.5) is 5.69 Å². The van der Waals surface area contributed by atoms with Crippen molar-refractivity contribution >= 4 is 15.7 Å². The van der Waals surface area contributed by atoms with Crippen molar-refractivity contribution in [3.05, 3.63) is 28.3 Å². The summed E-state index contributed by atoms with van der Waals surface area (Å²) in [4.78, 5) is 10.3. The molecule has 1 fully saturated rings. The minimum atomic E-state index is -3.74. The average Bonchev–Trinajstić information content (AvgIpc) is 3.02. The van der Waals surface area contributed by atoms with E-state index in [1.807, 2.05) is 0 Å². The highest BCUT2D eigenvalue weighted by molar-refractivity contribution is 7.89. The van der Waals surface area contributed by atoms with Crippen molar-refractivity contribution in [2.45, 2.75) is 30.8 Å². The van der Waals surface area contributed by atoms with Crippen molar-refractivity contribution in [2.24, 2.45) is 0 Å². The van der Waals surface area contributed by atoms with Crippen LogP contribution < -0.4 is 4.74 Å². The van der Waals surface area contributed by atoms with E-state index in [1.165, 1.54) is 23.4 Å². The Labute approximate surface area is 128 Å². The second-order valence-electron chi connectivity index (χ2n) is 4.89. The Morgan fingerprint density at radius 2 is 2.05 bits per heavy atom. The van der Waals surface area contributed by atoms with Crippen LogP contribution >= 0.6 is 0 Å². The lowest BCUT2D eigenvalue weighted by Gasteiger charge is -2.16. The lowest BCUT2D eigenvalue weighted by atomic mass is 10.3. The molecular weight excluding hydrogens is 310 g/mol. The largest absolute Gasteiger partial charge is 0.469 e. The summed E-state index contributed by atoms with van der Waals surface area (Å²) in [6, 6.07) is 5.26. The molecule has 1 saturated heterocycles. The van der Waals surface area contributed by atoms with Crippen molar-refractivity contribution in [3.8, 4) is 11.8 Å². The van der Waals surface area contributed by atoms with Crippen LogP contribution in [-0.2, 0) is 10.0 Å². The van der Waals surface area contributed by atoms with Gasteiger partial charge in [-0.25, -0.2) is 8.42 Å². The fraction of sp³-hybridized carbons (Fsp3) is 0.462. The molecule has 118 valence electrons. The predicted molar refractivity (Wildman–Crippen MR) is 76.8 cm³/mol. The third-order valence-corrected chi connectivity index (χ3v) is 5.21. The van der Waals surface area contributed by atoms with Crippen LogP contribution in [0.1, 0.15) is 19.8 Å². The maximum absolute atomic E-state index is 12.4. The molecule has 0 aliphatic carbocycles. The van der Waals surface area contributed by atoms with Crippen LogP contribution in [0.25, 0.3) is 0 Å². The zero-order valence-corrected chi connectivity index (χ0v) is 12.7. The highest BCUT2D eigenvalue weighted by Gasteiger charge is 2.30. The Morgan fingerprint density at radius 3 is 2.59 bits per heavy atom. The standard InChI is InChI=1S/C13H15N3O5S/c1-10(9-14)21-13-5-4-11(8-12(13)16(17)18)22(19,20)15-6-2-3-7-15/h4-5,8,10H,2-3,6-7H2,1H3/t10-/m1/s1. The summed E-state index contributed by atoms with van der Waals surface area (Å²) in [5, 5.41) is 19.8. The maximum atomic E-state index is 12.4. The highest BCUT2D eigenvalue weighted by Crippen LogP contribution is 2.32. The van der Waals surface area contributed by atoms with Crippen LogP contribution in [0, 0.1) is 21.4 Å². The third-order valence-electron chi connectivity index (χ3n) is 3.32. The molecule has 1 aromatic rings. The van der Waals surface area contributed by atoms with E-state index in [0.717, 1.165) is 18.9 Å². The van der Waals surface area contributed by atoms with Gasteiger partial charge in [0.05, 0.1) is 9.82 Å². The molecule has 1 heterocycles. The van der Waals surface area contributed by atoms with Crippen molar-refractivity contribution in [1.29, 1.82) is 5.26 Å². The summed E-state index contributed by atoms with van der Waals surface area (Å²) in [5.41, 5.74) is -0.470. The monoisotopic (exact) mass is 325 g/mol. The second kappa shape index (κ2) is 6.29. The van der Waals surface area contributed by atoms with Gasteiger partial charge in [0.25, 0.3) is 0 Å². The van der Waals surface area contributed by atoms with Gasteiger partial charge < -0.3 is 4.74 Å². The molecule has 22 heavy (non-hydrogen) atoms. The fourth-order valence-corrected chi connectivity index (χ4v) is 3.73. The van der Waals surface area contributed by atoms with E-state index >= 15 is 0 Å². The zero-order valence-electron chi connectivity index (χ0n) is 11.9. The summed E-state index contributed by atoms with van der Waals surface area (Å²) >= 11 is 0. The molecule has 2 rings (SSSR count). The van der Waals surface area contributed by atoms with Crippen molar-refractivity contribution in [1.82, 2.24) is 4.31 Å². The quantitative estimate of drug-likeness (QED) is 0.601. The van der Waals surface area contributed by atoms with E-state index < -0.39 is 26.7 Å². The van der Waals surface area contributed by atoms with E-state index in [1.54, 1.807) is 6.07 Å². The van der Waals surface area contributed by atoms with Gasteiger partial charge in [-0.1, -0.05) is 0 Å². The number of nitriles is 1. The zero-order chi connectivity index (χ0) is 16.3. The molecule has 0 amide bonds. The lowest BCUT2D eigenvalue weighted by molar-refractivity contribution is -0.386. The highest BCUT2D eigenvalue weighted by atomic mass is 32.2. The normalized spacial score (nSPS) is 16.9. The first-order valence-electron chi connectivity index (χ1n) is 6.71. The van der Waals surface area contributed by atoms with Gasteiger partial charge in [-0.05, 0) is 31.9 Å². The lowest BCUT2D eigenvalue weighted by Crippen LogP contribution is -2.27. The summed E-state index contributed by atoms with van der Waals surface area (Å²) < 4.78 is 31.3. The van der Waals surface area contributed by atoms with Crippen LogP contribution in [-0.4, -0.2) is 36.8 Å². The van der Waals surface area contributed by atoms with Crippen LogP contribution in [0.3, 0.4) is 0 Å². The fourth-order valence-electron chi connectivity index (χ4n) is 2.19. The molecule has 9 heteroatoms. The molecule has 0 saturated carbocycles. The Bertz CT molecular complexity index is 720. The number of rotatable bonds is 5. The van der Waals surface area contributed by atoms with Crippen molar-refractivity contribution < 1.29 is 18.1 Å². The molecular formula is C13H15N3O5S. The van der Waals surface area contributed by atoms with Gasteiger partial charge in [0.15, 0.2) is 11.9 Å². The van der Waals surface area contributed by atoms with E-state index in [2.05, 4.69) is 0 Å². The number of nitrogens with zero attached hydrogens (tertiary/aromatic N) is 3. The van der Waals surface area contributed by atoms with Crippen LogP contribution in [0.2, 0.25) is 0 Å². The molecule has 1 aliphatic rings. The Morgan fingerprint density at radius 1 is 1.41 bits per heavy atom. The summed E-state index contributed by atoms with van der Waals surface area (Å²) in [6.07, 6.45) is 0.685. The number of ether oxygens (including phenoxy) is 1. The number of sulfonamides is 1. The number of benzene rings is 1. The molecule has 0 spiro atoms. The summed E-state index contributed by atoms with van der Waals surface area (Å²) in [5.74, 6) is -0.126. The summed E-state index contributed by atoms with van der Waals surface area (Å²) in [7, 11) is -3.74. The number of hydrogen-bond donors (Lipinski definition) is 0. The minimum Gasteiger partial charge on any atom is -0.469 e. The SMILES string of the molecule is C[C@H](C#N)Oc1ccc(S(=O)(=O)N2CCCC2)cc1[N+](=O)[O-]. The number of nitro benzene ring substituents is 1. The van der Waals surface area contributed by atoms with Gasteiger partial charge in [-0.2, -0.15) is 9.57 Å². The van der Waals surface area contributed by atoms with E-state index in [4.69, 9.17) is 10.00 Å². The van der Waals surface area contributed by atoms with Gasteiger partial charge in [0.1, 0.15) is 6.07 Å². The van der Waals surface area contributed by atoms with Gasteiger partial charge in [-0.3, -0.25) is 10.1 Å². The predicted octanol–water partition coefficient (Wildman–Crippen LogP) is 1.67. The van der Waals surface area contributed by atoms with Crippen molar-refractivity contribution in [2.75, 3.05) is 13.1 Å². The average molecular weight is 325 g/mol. The first-order chi connectivity index (χ1) is 10.4. The van der Waals surface area contributed by atoms with Crippen LogP contribution in [0.15, 0.2) is 23.1 Å². The maximum Gasteiger partial charge on any atom is 0.312 e. The molecule has 0 unspecified atom stereocenters. The number of nitro groups is 1. The van der Waals surface area contributed by atoms with Crippen molar-refractivity contribution in [3.63, 3.8) is 0 Å². The molecule has 1 aromatic carbocycles. The van der Waals surface area contributed by atoms with Gasteiger partial charge in [0, 0.05) is 19.2 Å². The molecule has 0 N–H and O–H groups in total. The van der Waals surface area contributed by atoms with Gasteiger partial charge >= 0.3 is 5.69 Å². The Hall–Kier alpha value is -2.18. The van der Waals surface area contributed by atoms with Crippen LogP contribution in [0.5, 0.6) is 5.75 Å². The molecule has 0 aromatic heterocycles. The molecule has 1 atom stereocenters. The first-order valence-corrected chi connectivity index (χ1v) is 8.15. The summed E-state index contributed by atoms with van der Waals surface area (Å²) in [6.45, 7) is 2.28. The molecule has 8 nitrogen and oxygen atoms in total. The van der Waals surface area contributed by atoms with Gasteiger partial charge in [-0.15, -0.1) is 0 Å². The minimum absolute atomic E-state index is 0.126. The first kappa shape index (κ1) is 16.2. The molecule has 1 aliphatic heterocycles.